The van der Waals surface area contributed by atoms with Crippen molar-refractivity contribution in [3.8, 4) is 0 Å². The van der Waals surface area contributed by atoms with Crippen LogP contribution in [-0.4, -0.2) is 48.1 Å². The van der Waals surface area contributed by atoms with Gasteiger partial charge in [-0.05, 0) is 31.1 Å². The van der Waals surface area contributed by atoms with Gasteiger partial charge >= 0.3 is 0 Å². The highest BCUT2D eigenvalue weighted by Gasteiger charge is 2.42. The number of halogens is 2. The number of rotatable bonds is 3. The van der Waals surface area contributed by atoms with E-state index in [4.69, 9.17) is 17.4 Å². The van der Waals surface area contributed by atoms with E-state index in [1.165, 1.54) is 0 Å². The van der Waals surface area contributed by atoms with Gasteiger partial charge in [0.1, 0.15) is 0 Å². The average Bonchev–Trinajstić information content (AvgIpc) is 2.67. The van der Waals surface area contributed by atoms with Gasteiger partial charge in [-0.25, -0.2) is 5.84 Å². The molecule has 1 fully saturated rings. The maximum Gasteiger partial charge on any atom is 0.226 e. The molecule has 0 saturated carbocycles. The fraction of sp³-hybridized carbons (Fsp3) is 0.667. The van der Waals surface area contributed by atoms with Crippen molar-refractivity contribution in [3.63, 3.8) is 0 Å². The summed E-state index contributed by atoms with van der Waals surface area (Å²) in [6, 6.07) is 0.296. The van der Waals surface area contributed by atoms with Crippen molar-refractivity contribution < 1.29 is 4.39 Å². The van der Waals surface area contributed by atoms with Crippen molar-refractivity contribution in [3.05, 3.63) is 11.1 Å². The van der Waals surface area contributed by atoms with Crippen LogP contribution in [-0.2, 0) is 0 Å². The van der Waals surface area contributed by atoms with Gasteiger partial charge in [0.05, 0.1) is 0 Å². The van der Waals surface area contributed by atoms with Gasteiger partial charge in [-0.1, -0.05) is 13.8 Å². The Morgan fingerprint density at radius 1 is 1.45 bits per heavy atom. The molecule has 1 aromatic rings. The Kier molecular flexibility index (Phi) is 4.04. The summed E-state index contributed by atoms with van der Waals surface area (Å²) in [6.07, 6.45) is 0. The molecule has 0 aliphatic carbocycles. The molecule has 3 N–H and O–H groups in total. The molecule has 0 aromatic carbocycles. The minimum atomic E-state index is -0.577. The van der Waals surface area contributed by atoms with Gasteiger partial charge in [0, 0.05) is 19.1 Å². The SMILES string of the molecule is CN(C)C1CN(c2nc(Cl)nc(NN)c2F)CC1(C)C. The first kappa shape index (κ1) is 15.2. The molecule has 2 rings (SSSR count). The standard InChI is InChI=1S/C12H20ClFN6/c1-12(2)6-20(5-7(12)19(3)4)10-8(14)9(18-15)16-11(13)17-10/h7H,5-6,15H2,1-4H3,(H,16,17,18). The van der Waals surface area contributed by atoms with Gasteiger partial charge in [-0.3, -0.25) is 0 Å². The second kappa shape index (κ2) is 5.31. The Bertz CT molecular complexity index is 507. The zero-order valence-electron chi connectivity index (χ0n) is 12.1. The largest absolute Gasteiger partial charge is 0.352 e. The first-order chi connectivity index (χ1) is 9.26. The molecule has 0 bridgehead atoms. The molecule has 20 heavy (non-hydrogen) atoms. The van der Waals surface area contributed by atoms with Crippen LogP contribution in [0.15, 0.2) is 0 Å². The first-order valence-corrected chi connectivity index (χ1v) is 6.75. The van der Waals surface area contributed by atoms with Gasteiger partial charge in [0.2, 0.25) is 11.1 Å². The van der Waals surface area contributed by atoms with Crippen molar-refractivity contribution in [2.45, 2.75) is 19.9 Å². The lowest BCUT2D eigenvalue weighted by Gasteiger charge is -2.30. The van der Waals surface area contributed by atoms with Gasteiger partial charge < -0.3 is 15.2 Å². The van der Waals surface area contributed by atoms with Crippen LogP contribution >= 0.6 is 11.6 Å². The Labute approximate surface area is 123 Å². The predicted octanol–water partition coefficient (Wildman–Crippen LogP) is 1.33. The van der Waals surface area contributed by atoms with Gasteiger partial charge in [0.25, 0.3) is 0 Å². The number of nitrogens with zero attached hydrogens (tertiary/aromatic N) is 4. The van der Waals surface area contributed by atoms with E-state index in [0.29, 0.717) is 19.1 Å². The van der Waals surface area contributed by atoms with E-state index in [9.17, 15) is 4.39 Å². The lowest BCUT2D eigenvalue weighted by molar-refractivity contribution is 0.188. The molecule has 1 atom stereocenters. The molecule has 2 heterocycles. The summed E-state index contributed by atoms with van der Waals surface area (Å²) in [4.78, 5) is 11.8. The maximum absolute atomic E-state index is 14.3. The summed E-state index contributed by atoms with van der Waals surface area (Å²) < 4.78 is 14.3. The normalized spacial score (nSPS) is 21.6. The number of likely N-dealkylation sites (N-methyl/N-ethyl adjacent to an activating group) is 1. The highest BCUT2D eigenvalue weighted by Crippen LogP contribution is 2.36. The summed E-state index contributed by atoms with van der Waals surface area (Å²) in [5, 5.41) is -0.0274. The fourth-order valence-corrected chi connectivity index (χ4v) is 3.02. The first-order valence-electron chi connectivity index (χ1n) is 6.37. The van der Waals surface area contributed by atoms with Crippen molar-refractivity contribution in [1.82, 2.24) is 14.9 Å². The molecule has 0 spiro atoms. The van der Waals surface area contributed by atoms with Crippen LogP contribution in [0.4, 0.5) is 16.0 Å². The summed E-state index contributed by atoms with van der Waals surface area (Å²) in [5.41, 5.74) is 2.22. The quantitative estimate of drug-likeness (QED) is 0.499. The molecule has 0 radical (unpaired) electrons. The van der Waals surface area contributed by atoms with E-state index >= 15 is 0 Å². The molecule has 112 valence electrons. The van der Waals surface area contributed by atoms with Gasteiger partial charge in [0.15, 0.2) is 11.6 Å². The molecule has 1 aliphatic heterocycles. The third-order valence-corrected chi connectivity index (χ3v) is 3.93. The number of nitrogen functional groups attached to an aromatic ring is 1. The van der Waals surface area contributed by atoms with Gasteiger partial charge in [-0.15, -0.1) is 0 Å². The summed E-state index contributed by atoms with van der Waals surface area (Å²) in [6.45, 7) is 5.67. The number of anilines is 2. The van der Waals surface area contributed by atoms with Crippen LogP contribution in [0.3, 0.4) is 0 Å². The van der Waals surface area contributed by atoms with E-state index in [1.54, 1.807) is 0 Å². The molecular formula is C12H20ClFN6. The van der Waals surface area contributed by atoms with Gasteiger partial charge in [-0.2, -0.15) is 14.4 Å². The Morgan fingerprint density at radius 3 is 2.60 bits per heavy atom. The lowest BCUT2D eigenvalue weighted by Crippen LogP contribution is -2.39. The summed E-state index contributed by atoms with van der Waals surface area (Å²) in [5.74, 6) is 4.77. The lowest BCUT2D eigenvalue weighted by atomic mass is 9.87. The van der Waals surface area contributed by atoms with Crippen LogP contribution in [0.5, 0.6) is 0 Å². The van der Waals surface area contributed by atoms with E-state index < -0.39 is 5.82 Å². The van der Waals surface area contributed by atoms with Crippen LogP contribution in [0.1, 0.15) is 13.8 Å². The van der Waals surface area contributed by atoms with Crippen LogP contribution < -0.4 is 16.2 Å². The minimum absolute atomic E-state index is 0.0175. The monoisotopic (exact) mass is 302 g/mol. The van der Waals surface area contributed by atoms with Crippen LogP contribution in [0.2, 0.25) is 5.28 Å². The zero-order chi connectivity index (χ0) is 15.1. The number of hydrogen-bond donors (Lipinski definition) is 2. The molecule has 0 amide bonds. The van der Waals surface area contributed by atoms with E-state index in [0.717, 1.165) is 0 Å². The Hall–Kier alpha value is -1.18. The molecule has 1 unspecified atom stereocenters. The topological polar surface area (TPSA) is 70.3 Å². The predicted molar refractivity (Wildman–Crippen MR) is 78.3 cm³/mol. The number of nitrogens with two attached hydrogens (primary N) is 1. The van der Waals surface area contributed by atoms with Crippen molar-refractivity contribution >= 4 is 23.2 Å². The summed E-state index contributed by atoms with van der Waals surface area (Å²) in [7, 11) is 4.04. The van der Waals surface area contributed by atoms with Crippen molar-refractivity contribution in [2.24, 2.45) is 11.3 Å². The zero-order valence-corrected chi connectivity index (χ0v) is 12.9. The highest BCUT2D eigenvalue weighted by atomic mass is 35.5. The Balaban J connectivity index is 2.37. The molecule has 1 aliphatic rings. The molecule has 1 aromatic heterocycles. The molecular weight excluding hydrogens is 283 g/mol. The maximum atomic E-state index is 14.3. The third kappa shape index (κ3) is 2.65. The smallest absolute Gasteiger partial charge is 0.226 e. The Morgan fingerprint density at radius 2 is 2.10 bits per heavy atom. The number of hydrazine groups is 1. The second-order valence-corrected chi connectivity index (χ2v) is 6.31. The van der Waals surface area contributed by atoms with E-state index in [2.05, 4.69) is 34.1 Å². The van der Waals surface area contributed by atoms with Crippen LogP contribution in [0.25, 0.3) is 0 Å². The van der Waals surface area contributed by atoms with Crippen molar-refractivity contribution in [2.75, 3.05) is 37.5 Å². The molecule has 1 saturated heterocycles. The number of nitrogens with one attached hydrogen (secondary N) is 1. The highest BCUT2D eigenvalue weighted by molar-refractivity contribution is 6.28. The second-order valence-electron chi connectivity index (χ2n) is 5.97. The molecule has 8 heteroatoms. The fourth-order valence-electron chi connectivity index (χ4n) is 2.86. The molecule has 6 nitrogen and oxygen atoms in total. The minimum Gasteiger partial charge on any atom is -0.352 e. The van der Waals surface area contributed by atoms with E-state index in [-0.39, 0.29) is 22.3 Å². The van der Waals surface area contributed by atoms with E-state index in [1.807, 2.05) is 19.0 Å². The third-order valence-electron chi connectivity index (χ3n) is 3.76. The number of aromatic nitrogens is 2. The van der Waals surface area contributed by atoms with Crippen molar-refractivity contribution in [1.29, 1.82) is 0 Å². The van der Waals surface area contributed by atoms with Crippen LogP contribution in [0, 0.1) is 11.2 Å². The number of hydrogen-bond acceptors (Lipinski definition) is 6. The average molecular weight is 303 g/mol. The summed E-state index contributed by atoms with van der Waals surface area (Å²) >= 11 is 5.83.